The number of hydrogen-bond donors (Lipinski definition) is 1. The third-order valence-electron chi connectivity index (χ3n) is 7.18. The monoisotopic (exact) mass is 445 g/mol. The lowest BCUT2D eigenvalue weighted by atomic mass is 9.92. The third kappa shape index (κ3) is 3.77. The van der Waals surface area contributed by atoms with Gasteiger partial charge in [0.25, 0.3) is 5.91 Å². The lowest BCUT2D eigenvalue weighted by Gasteiger charge is -2.44. The minimum atomic E-state index is -1.08. The lowest BCUT2D eigenvalue weighted by Crippen LogP contribution is -2.65. The molecule has 3 aromatic rings. The van der Waals surface area contributed by atoms with E-state index in [1.165, 1.54) is 12.8 Å². The molecule has 0 saturated heterocycles. The van der Waals surface area contributed by atoms with E-state index in [4.69, 9.17) is 4.74 Å². The molecule has 1 aliphatic heterocycles. The van der Waals surface area contributed by atoms with Crippen molar-refractivity contribution < 1.29 is 14.3 Å². The predicted octanol–water partition coefficient (Wildman–Crippen LogP) is 4.91. The van der Waals surface area contributed by atoms with Crippen molar-refractivity contribution in [2.24, 2.45) is 0 Å². The Labute approximate surface area is 194 Å². The van der Waals surface area contributed by atoms with Gasteiger partial charge in [-0.05, 0) is 44.0 Å². The molecule has 0 spiro atoms. The number of ether oxygens (including phenoxy) is 1. The van der Waals surface area contributed by atoms with Gasteiger partial charge in [-0.1, -0.05) is 49.9 Å². The second kappa shape index (κ2) is 8.58. The van der Waals surface area contributed by atoms with E-state index in [1.807, 2.05) is 66.1 Å². The Kier molecular flexibility index (Phi) is 5.60. The molecule has 2 amide bonds. The normalized spacial score (nSPS) is 21.5. The van der Waals surface area contributed by atoms with Crippen LogP contribution in [-0.2, 0) is 11.3 Å². The highest BCUT2D eigenvalue weighted by Crippen LogP contribution is 2.37. The number of amides is 2. The Balaban J connectivity index is 1.60. The van der Waals surface area contributed by atoms with Crippen LogP contribution in [0, 0.1) is 0 Å². The maximum absolute atomic E-state index is 13.9. The van der Waals surface area contributed by atoms with Gasteiger partial charge in [0.15, 0.2) is 0 Å². The summed E-state index contributed by atoms with van der Waals surface area (Å²) in [4.78, 5) is 29.5. The van der Waals surface area contributed by atoms with Gasteiger partial charge in [-0.3, -0.25) is 14.5 Å². The quantitative estimate of drug-likeness (QED) is 0.581. The molecule has 0 bridgehead atoms. The van der Waals surface area contributed by atoms with E-state index in [9.17, 15) is 9.59 Å². The molecule has 1 aliphatic carbocycles. The Hall–Kier alpha value is -3.28. The first kappa shape index (κ1) is 21.6. The van der Waals surface area contributed by atoms with E-state index in [0.717, 1.165) is 36.6 Å². The van der Waals surface area contributed by atoms with Crippen molar-refractivity contribution in [2.75, 3.05) is 12.0 Å². The highest BCUT2D eigenvalue weighted by atomic mass is 16.5. The van der Waals surface area contributed by atoms with Crippen LogP contribution in [0.3, 0.4) is 0 Å². The Morgan fingerprint density at radius 2 is 1.79 bits per heavy atom. The molecular weight excluding hydrogens is 414 g/mol. The minimum absolute atomic E-state index is 0.103. The SMILES string of the molecule is COc1cccc(N2C(=O)c3cc4ccccc4n3C[C@@]2(C)C(=O)NC2CCCCCC2)c1. The number of anilines is 1. The van der Waals surface area contributed by atoms with Crippen molar-refractivity contribution in [3.05, 3.63) is 60.3 Å². The molecule has 2 aromatic carbocycles. The van der Waals surface area contributed by atoms with E-state index in [-0.39, 0.29) is 17.9 Å². The van der Waals surface area contributed by atoms with Gasteiger partial charge in [0.05, 0.1) is 13.7 Å². The number of aromatic nitrogens is 1. The molecule has 2 heterocycles. The van der Waals surface area contributed by atoms with Crippen LogP contribution >= 0.6 is 0 Å². The highest BCUT2D eigenvalue weighted by molar-refractivity contribution is 6.14. The zero-order valence-corrected chi connectivity index (χ0v) is 19.3. The zero-order valence-electron chi connectivity index (χ0n) is 19.3. The summed E-state index contributed by atoms with van der Waals surface area (Å²) in [6, 6.07) is 17.4. The second-order valence-corrected chi connectivity index (χ2v) is 9.45. The molecule has 33 heavy (non-hydrogen) atoms. The molecule has 1 N–H and O–H groups in total. The number of carbonyl (C=O) groups is 2. The first-order valence-electron chi connectivity index (χ1n) is 11.9. The van der Waals surface area contributed by atoms with Crippen LogP contribution in [0.1, 0.15) is 55.9 Å². The lowest BCUT2D eigenvalue weighted by molar-refractivity contribution is -0.127. The van der Waals surface area contributed by atoms with Gasteiger partial charge in [0.2, 0.25) is 5.91 Å². The number of hydrogen-bond acceptors (Lipinski definition) is 3. The standard InChI is InChI=1S/C27H31N3O3/c1-27(26(32)28-20-11-5-3-4-6-12-20)18-29-23-15-8-7-10-19(23)16-24(29)25(31)30(27)21-13-9-14-22(17-21)33-2/h7-10,13-17,20H,3-6,11-12,18H2,1-2H3,(H,28,32)/t27-/m0/s1. The zero-order chi connectivity index (χ0) is 23.0. The summed E-state index contributed by atoms with van der Waals surface area (Å²) < 4.78 is 7.42. The van der Waals surface area contributed by atoms with E-state index < -0.39 is 5.54 Å². The molecule has 6 nitrogen and oxygen atoms in total. The predicted molar refractivity (Wildman–Crippen MR) is 130 cm³/mol. The molecule has 172 valence electrons. The summed E-state index contributed by atoms with van der Waals surface area (Å²) in [5, 5.41) is 4.31. The van der Waals surface area contributed by atoms with Gasteiger partial charge in [0.1, 0.15) is 17.0 Å². The van der Waals surface area contributed by atoms with Gasteiger partial charge in [-0.25, -0.2) is 0 Å². The topological polar surface area (TPSA) is 63.6 Å². The number of methoxy groups -OCH3 is 1. The van der Waals surface area contributed by atoms with Crippen molar-refractivity contribution in [1.82, 2.24) is 9.88 Å². The number of benzene rings is 2. The molecule has 1 saturated carbocycles. The fraction of sp³-hybridized carbons (Fsp3) is 0.407. The van der Waals surface area contributed by atoms with Gasteiger partial charge in [-0.15, -0.1) is 0 Å². The molecule has 0 radical (unpaired) electrons. The summed E-state index contributed by atoms with van der Waals surface area (Å²) in [6.45, 7) is 2.27. The first-order valence-corrected chi connectivity index (χ1v) is 11.9. The molecular formula is C27H31N3O3. The average Bonchev–Trinajstić information content (AvgIpc) is 2.99. The van der Waals surface area contributed by atoms with Gasteiger partial charge >= 0.3 is 0 Å². The maximum atomic E-state index is 13.9. The van der Waals surface area contributed by atoms with Gasteiger partial charge in [-0.2, -0.15) is 0 Å². The van der Waals surface area contributed by atoms with Crippen molar-refractivity contribution >= 4 is 28.4 Å². The van der Waals surface area contributed by atoms with E-state index in [1.54, 1.807) is 12.0 Å². The molecule has 1 atom stereocenters. The molecule has 1 fully saturated rings. The van der Waals surface area contributed by atoms with E-state index in [0.29, 0.717) is 23.7 Å². The highest BCUT2D eigenvalue weighted by Gasteiger charge is 2.49. The second-order valence-electron chi connectivity index (χ2n) is 9.45. The fourth-order valence-corrected chi connectivity index (χ4v) is 5.36. The molecule has 6 heteroatoms. The fourth-order valence-electron chi connectivity index (χ4n) is 5.36. The summed E-state index contributed by atoms with van der Waals surface area (Å²) in [7, 11) is 1.60. The van der Waals surface area contributed by atoms with Crippen LogP contribution in [0.25, 0.3) is 10.9 Å². The van der Waals surface area contributed by atoms with E-state index >= 15 is 0 Å². The van der Waals surface area contributed by atoms with Crippen molar-refractivity contribution in [1.29, 1.82) is 0 Å². The maximum Gasteiger partial charge on any atom is 0.275 e. The molecule has 5 rings (SSSR count). The number of rotatable bonds is 4. The number of para-hydroxylation sites is 1. The van der Waals surface area contributed by atoms with Crippen molar-refractivity contribution in [3.63, 3.8) is 0 Å². The van der Waals surface area contributed by atoms with Crippen LogP contribution in [0.15, 0.2) is 54.6 Å². The minimum Gasteiger partial charge on any atom is -0.497 e. The van der Waals surface area contributed by atoms with Crippen LogP contribution in [0.2, 0.25) is 0 Å². The third-order valence-corrected chi connectivity index (χ3v) is 7.18. The Morgan fingerprint density at radius 3 is 2.55 bits per heavy atom. The summed E-state index contributed by atoms with van der Waals surface area (Å²) in [5.74, 6) is 0.371. The number of nitrogens with zero attached hydrogens (tertiary/aromatic N) is 2. The van der Waals surface area contributed by atoms with E-state index in [2.05, 4.69) is 5.32 Å². The van der Waals surface area contributed by atoms with Crippen molar-refractivity contribution in [2.45, 2.75) is 63.6 Å². The van der Waals surface area contributed by atoms with Crippen LogP contribution in [0.4, 0.5) is 5.69 Å². The summed E-state index contributed by atoms with van der Waals surface area (Å²) >= 11 is 0. The smallest absolute Gasteiger partial charge is 0.275 e. The summed E-state index contributed by atoms with van der Waals surface area (Å²) in [6.07, 6.45) is 6.69. The van der Waals surface area contributed by atoms with Crippen LogP contribution in [-0.4, -0.2) is 35.1 Å². The number of carbonyl (C=O) groups excluding carboxylic acids is 2. The Morgan fingerprint density at radius 1 is 1.03 bits per heavy atom. The number of fused-ring (bicyclic) bond motifs is 3. The largest absolute Gasteiger partial charge is 0.497 e. The first-order chi connectivity index (χ1) is 16.0. The molecule has 2 aliphatic rings. The van der Waals surface area contributed by atoms with Crippen LogP contribution < -0.4 is 15.0 Å². The van der Waals surface area contributed by atoms with Crippen LogP contribution in [0.5, 0.6) is 5.75 Å². The van der Waals surface area contributed by atoms with Crippen molar-refractivity contribution in [3.8, 4) is 5.75 Å². The molecule has 1 aromatic heterocycles. The summed E-state index contributed by atoms with van der Waals surface area (Å²) in [5.41, 5.74) is 1.15. The molecule has 0 unspecified atom stereocenters. The average molecular weight is 446 g/mol. The van der Waals surface area contributed by atoms with Gasteiger partial charge in [0, 0.05) is 28.7 Å². The van der Waals surface area contributed by atoms with Gasteiger partial charge < -0.3 is 14.6 Å². The number of nitrogens with one attached hydrogen (secondary N) is 1. The Bertz CT molecular complexity index is 1190.